The van der Waals surface area contributed by atoms with Gasteiger partial charge in [0, 0.05) is 13.0 Å². The smallest absolute Gasteiger partial charge is 0.305 e. The van der Waals surface area contributed by atoms with Gasteiger partial charge in [0.15, 0.2) is 0 Å². The van der Waals surface area contributed by atoms with Crippen LogP contribution in [0.25, 0.3) is 0 Å². The zero-order valence-electron chi connectivity index (χ0n) is 9.58. The maximum absolute atomic E-state index is 10.8. The van der Waals surface area contributed by atoms with Crippen LogP contribution in [0.2, 0.25) is 0 Å². The Morgan fingerprint density at radius 1 is 1.27 bits per heavy atom. The van der Waals surface area contributed by atoms with Crippen molar-refractivity contribution in [3.63, 3.8) is 0 Å². The van der Waals surface area contributed by atoms with Gasteiger partial charge in [0.05, 0.1) is 6.42 Å². The highest BCUT2D eigenvalue weighted by Gasteiger charge is 2.13. The lowest BCUT2D eigenvalue weighted by Crippen LogP contribution is -2.34. The number of nitrogens with one attached hydrogen (secondary N) is 1. The van der Waals surface area contributed by atoms with Crippen molar-refractivity contribution in [3.05, 3.63) is 0 Å². The molecule has 0 rings (SSSR count). The number of carboxylic acids is 1. The maximum Gasteiger partial charge on any atom is 0.305 e. The lowest BCUT2D eigenvalue weighted by atomic mass is 10.0. The molecule has 4 nitrogen and oxygen atoms in total. The summed E-state index contributed by atoms with van der Waals surface area (Å²) in [4.78, 5) is 21.3. The fraction of sp³-hybridized carbons (Fsp3) is 0.818. The lowest BCUT2D eigenvalue weighted by molar-refractivity contribution is -0.137. The maximum atomic E-state index is 10.8. The lowest BCUT2D eigenvalue weighted by Gasteiger charge is -2.15. The second-order valence-corrected chi connectivity index (χ2v) is 3.84. The van der Waals surface area contributed by atoms with Crippen molar-refractivity contribution in [3.8, 4) is 0 Å². The molecule has 1 atom stereocenters. The summed E-state index contributed by atoms with van der Waals surface area (Å²) in [7, 11) is 0. The quantitative estimate of drug-likeness (QED) is 0.608. The number of rotatable bonds is 8. The molecule has 0 fully saturated rings. The third-order valence-corrected chi connectivity index (χ3v) is 2.23. The molecule has 0 spiro atoms. The Morgan fingerprint density at radius 2 is 1.93 bits per heavy atom. The first-order valence-corrected chi connectivity index (χ1v) is 5.55. The van der Waals surface area contributed by atoms with Crippen LogP contribution in [-0.2, 0) is 9.59 Å². The number of unbranched alkanes of at least 4 members (excludes halogenated alkanes) is 3. The van der Waals surface area contributed by atoms with Crippen LogP contribution in [0.4, 0.5) is 0 Å². The van der Waals surface area contributed by atoms with Crippen molar-refractivity contribution in [1.82, 2.24) is 5.32 Å². The molecule has 0 heterocycles. The number of carbonyl (C=O) groups is 2. The van der Waals surface area contributed by atoms with Gasteiger partial charge < -0.3 is 10.4 Å². The Bertz CT molecular complexity index is 188. The van der Waals surface area contributed by atoms with Gasteiger partial charge >= 0.3 is 5.97 Å². The van der Waals surface area contributed by atoms with E-state index in [0.717, 1.165) is 25.7 Å². The molecule has 15 heavy (non-hydrogen) atoms. The third-order valence-electron chi connectivity index (χ3n) is 2.23. The number of hydrogen-bond donors (Lipinski definition) is 2. The molecule has 0 saturated heterocycles. The van der Waals surface area contributed by atoms with Gasteiger partial charge in [-0.15, -0.1) is 0 Å². The molecule has 0 saturated carbocycles. The zero-order valence-corrected chi connectivity index (χ0v) is 9.58. The molecule has 0 bridgehead atoms. The van der Waals surface area contributed by atoms with Crippen molar-refractivity contribution < 1.29 is 14.7 Å². The molecular weight excluding hydrogens is 194 g/mol. The van der Waals surface area contributed by atoms with Crippen LogP contribution in [0.3, 0.4) is 0 Å². The van der Waals surface area contributed by atoms with Crippen LogP contribution in [0.5, 0.6) is 0 Å². The van der Waals surface area contributed by atoms with Crippen LogP contribution in [0.1, 0.15) is 52.4 Å². The van der Waals surface area contributed by atoms with Crippen LogP contribution < -0.4 is 5.32 Å². The van der Waals surface area contributed by atoms with E-state index in [0.29, 0.717) is 0 Å². The second-order valence-electron chi connectivity index (χ2n) is 3.84. The van der Waals surface area contributed by atoms with E-state index in [1.165, 1.54) is 13.3 Å². The number of amides is 1. The number of carbonyl (C=O) groups excluding carboxylic acids is 1. The average molecular weight is 215 g/mol. The highest BCUT2D eigenvalue weighted by molar-refractivity contribution is 5.74. The van der Waals surface area contributed by atoms with Gasteiger partial charge in [0.1, 0.15) is 0 Å². The topological polar surface area (TPSA) is 66.4 Å². The summed E-state index contributed by atoms with van der Waals surface area (Å²) in [5.74, 6) is -1.01. The molecule has 88 valence electrons. The normalized spacial score (nSPS) is 12.1. The summed E-state index contributed by atoms with van der Waals surface area (Å²) in [6.45, 7) is 3.55. The Balaban J connectivity index is 3.79. The largest absolute Gasteiger partial charge is 0.481 e. The van der Waals surface area contributed by atoms with E-state index < -0.39 is 5.97 Å². The van der Waals surface area contributed by atoms with E-state index in [9.17, 15) is 9.59 Å². The van der Waals surface area contributed by atoms with Gasteiger partial charge in [-0.05, 0) is 6.42 Å². The minimum absolute atomic E-state index is 0.0195. The Labute approximate surface area is 91.1 Å². The van der Waals surface area contributed by atoms with Crippen molar-refractivity contribution in [1.29, 1.82) is 0 Å². The van der Waals surface area contributed by atoms with Crippen LogP contribution in [0, 0.1) is 0 Å². The van der Waals surface area contributed by atoms with Gasteiger partial charge in [0.2, 0.25) is 5.91 Å². The van der Waals surface area contributed by atoms with Crippen molar-refractivity contribution in [2.75, 3.05) is 0 Å². The Hall–Kier alpha value is -1.06. The SMILES string of the molecule is CCCCCC[C@H](CC(=O)O)NC(C)=O. The average Bonchev–Trinajstić information content (AvgIpc) is 2.10. The van der Waals surface area contributed by atoms with Crippen molar-refractivity contribution in [2.24, 2.45) is 0 Å². The molecule has 0 aromatic heterocycles. The molecular formula is C11H21NO3. The molecule has 0 unspecified atom stereocenters. The summed E-state index contributed by atoms with van der Waals surface area (Å²) >= 11 is 0. The summed E-state index contributed by atoms with van der Waals surface area (Å²) < 4.78 is 0. The number of aliphatic carboxylic acids is 1. The van der Waals surface area contributed by atoms with Crippen LogP contribution >= 0.6 is 0 Å². The predicted molar refractivity (Wildman–Crippen MR) is 58.6 cm³/mol. The van der Waals surface area contributed by atoms with Crippen LogP contribution in [-0.4, -0.2) is 23.0 Å². The molecule has 0 aliphatic heterocycles. The van der Waals surface area contributed by atoms with E-state index >= 15 is 0 Å². The summed E-state index contributed by atoms with van der Waals surface area (Å²) in [6.07, 6.45) is 5.18. The molecule has 0 aliphatic rings. The Morgan fingerprint density at radius 3 is 2.40 bits per heavy atom. The molecule has 0 radical (unpaired) electrons. The highest BCUT2D eigenvalue weighted by Crippen LogP contribution is 2.08. The fourth-order valence-electron chi connectivity index (χ4n) is 1.54. The van der Waals surface area contributed by atoms with Crippen LogP contribution in [0.15, 0.2) is 0 Å². The standard InChI is InChI=1S/C11H21NO3/c1-3-4-5-6-7-10(8-11(14)15)12-9(2)13/h10H,3-8H2,1-2H3,(H,12,13)(H,14,15)/t10-/m1/s1. The minimum Gasteiger partial charge on any atom is -0.481 e. The van der Waals surface area contributed by atoms with Crippen molar-refractivity contribution >= 4 is 11.9 Å². The molecule has 4 heteroatoms. The van der Waals surface area contributed by atoms with Gasteiger partial charge in [-0.1, -0.05) is 32.6 Å². The first-order valence-electron chi connectivity index (χ1n) is 5.55. The zero-order chi connectivity index (χ0) is 11.7. The third kappa shape index (κ3) is 9.25. The second kappa shape index (κ2) is 8.26. The predicted octanol–water partition coefficient (Wildman–Crippen LogP) is 1.94. The Kier molecular flexibility index (Phi) is 7.68. The van der Waals surface area contributed by atoms with Gasteiger partial charge in [-0.25, -0.2) is 0 Å². The fourth-order valence-corrected chi connectivity index (χ4v) is 1.54. The van der Waals surface area contributed by atoms with E-state index in [-0.39, 0.29) is 18.4 Å². The van der Waals surface area contributed by atoms with Gasteiger partial charge in [-0.3, -0.25) is 9.59 Å². The minimum atomic E-state index is -0.857. The van der Waals surface area contributed by atoms with E-state index in [1.807, 2.05) is 0 Å². The highest BCUT2D eigenvalue weighted by atomic mass is 16.4. The number of carboxylic acid groups (broad SMARTS) is 1. The summed E-state index contributed by atoms with van der Waals surface area (Å²) in [5, 5.41) is 11.3. The van der Waals surface area contributed by atoms with E-state index in [1.54, 1.807) is 0 Å². The van der Waals surface area contributed by atoms with E-state index in [4.69, 9.17) is 5.11 Å². The molecule has 2 N–H and O–H groups in total. The molecule has 0 aliphatic carbocycles. The molecule has 0 aromatic rings. The summed E-state index contributed by atoms with van der Waals surface area (Å²) in [6, 6.07) is -0.211. The monoisotopic (exact) mass is 215 g/mol. The summed E-state index contributed by atoms with van der Waals surface area (Å²) in [5.41, 5.74) is 0. The molecule has 1 amide bonds. The first-order chi connectivity index (χ1) is 7.06. The van der Waals surface area contributed by atoms with Crippen molar-refractivity contribution in [2.45, 2.75) is 58.4 Å². The van der Waals surface area contributed by atoms with E-state index in [2.05, 4.69) is 12.2 Å². The van der Waals surface area contributed by atoms with Gasteiger partial charge in [0.25, 0.3) is 0 Å². The van der Waals surface area contributed by atoms with Gasteiger partial charge in [-0.2, -0.15) is 0 Å². The molecule has 0 aromatic carbocycles. The first kappa shape index (κ1) is 13.9. The number of hydrogen-bond acceptors (Lipinski definition) is 2.